The SMILES string of the molecule is CC1CCCC(C)N1NC(=O)NC(CCC(N)=O)C(=O)O. The van der Waals surface area contributed by atoms with E-state index in [0.29, 0.717) is 0 Å². The smallest absolute Gasteiger partial charge is 0.330 e. The zero-order valence-corrected chi connectivity index (χ0v) is 12.5. The minimum Gasteiger partial charge on any atom is -0.480 e. The summed E-state index contributed by atoms with van der Waals surface area (Å²) in [4.78, 5) is 33.7. The number of piperidine rings is 1. The Bertz CT molecular complexity index is 392. The van der Waals surface area contributed by atoms with E-state index in [0.717, 1.165) is 19.3 Å². The summed E-state index contributed by atoms with van der Waals surface area (Å²) in [6.45, 7) is 4.02. The summed E-state index contributed by atoms with van der Waals surface area (Å²) in [5, 5.41) is 13.2. The van der Waals surface area contributed by atoms with Crippen LogP contribution in [0, 0.1) is 0 Å². The molecule has 3 unspecified atom stereocenters. The molecule has 3 amide bonds. The van der Waals surface area contributed by atoms with Gasteiger partial charge in [-0.3, -0.25) is 10.2 Å². The van der Waals surface area contributed by atoms with Crippen molar-refractivity contribution in [1.82, 2.24) is 15.8 Å². The van der Waals surface area contributed by atoms with Crippen molar-refractivity contribution in [3.8, 4) is 0 Å². The van der Waals surface area contributed by atoms with Crippen molar-refractivity contribution in [2.24, 2.45) is 5.73 Å². The van der Waals surface area contributed by atoms with E-state index < -0.39 is 23.9 Å². The number of carbonyl (C=O) groups is 3. The van der Waals surface area contributed by atoms with Crippen molar-refractivity contribution < 1.29 is 19.5 Å². The maximum Gasteiger partial charge on any atom is 0.330 e. The van der Waals surface area contributed by atoms with Crippen molar-refractivity contribution in [2.45, 2.75) is 64.1 Å². The predicted octanol–water partition coefficient (Wildman–Crippen LogP) is 0.182. The van der Waals surface area contributed by atoms with E-state index in [-0.39, 0.29) is 24.9 Å². The lowest BCUT2D eigenvalue weighted by atomic mass is 10.00. The van der Waals surface area contributed by atoms with Crippen LogP contribution in [0.25, 0.3) is 0 Å². The zero-order valence-electron chi connectivity index (χ0n) is 12.5. The number of hydrazine groups is 1. The van der Waals surface area contributed by atoms with Crippen LogP contribution in [-0.4, -0.2) is 46.1 Å². The van der Waals surface area contributed by atoms with Gasteiger partial charge >= 0.3 is 12.0 Å². The van der Waals surface area contributed by atoms with E-state index in [9.17, 15) is 14.4 Å². The molecule has 0 aromatic heterocycles. The van der Waals surface area contributed by atoms with Gasteiger partial charge in [0.15, 0.2) is 0 Å². The number of rotatable bonds is 6. The van der Waals surface area contributed by atoms with Crippen LogP contribution in [0.15, 0.2) is 0 Å². The van der Waals surface area contributed by atoms with E-state index in [2.05, 4.69) is 10.7 Å². The summed E-state index contributed by atoms with van der Waals surface area (Å²) in [6.07, 6.45) is 2.96. The molecule has 21 heavy (non-hydrogen) atoms. The molecule has 0 saturated carbocycles. The van der Waals surface area contributed by atoms with E-state index in [1.807, 2.05) is 18.9 Å². The Labute approximate surface area is 124 Å². The first-order valence-electron chi connectivity index (χ1n) is 7.18. The molecule has 0 bridgehead atoms. The van der Waals surface area contributed by atoms with Crippen LogP contribution in [0.5, 0.6) is 0 Å². The molecule has 0 radical (unpaired) electrons. The molecule has 1 aliphatic rings. The molecule has 8 heteroatoms. The third-order valence-corrected chi connectivity index (χ3v) is 3.71. The number of primary amides is 1. The largest absolute Gasteiger partial charge is 0.480 e. The summed E-state index contributed by atoms with van der Waals surface area (Å²) in [5.74, 6) is -1.78. The zero-order chi connectivity index (χ0) is 16.0. The number of aliphatic carboxylic acids is 1. The number of hydrogen-bond acceptors (Lipinski definition) is 4. The Kier molecular flexibility index (Phi) is 6.41. The number of carbonyl (C=O) groups excluding carboxylic acids is 2. The number of nitrogens with two attached hydrogens (primary N) is 1. The van der Waals surface area contributed by atoms with Crippen LogP contribution in [0.3, 0.4) is 0 Å². The molecule has 0 spiro atoms. The van der Waals surface area contributed by atoms with Crippen molar-refractivity contribution in [1.29, 1.82) is 0 Å². The van der Waals surface area contributed by atoms with Gasteiger partial charge in [-0.25, -0.2) is 14.6 Å². The lowest BCUT2D eigenvalue weighted by molar-refractivity contribution is -0.139. The Morgan fingerprint density at radius 1 is 1.29 bits per heavy atom. The van der Waals surface area contributed by atoms with Gasteiger partial charge in [0, 0.05) is 18.5 Å². The average molecular weight is 300 g/mol. The number of carboxylic acid groups (broad SMARTS) is 1. The number of amides is 3. The minimum atomic E-state index is -1.19. The lowest BCUT2D eigenvalue weighted by Crippen LogP contribution is -2.58. The molecule has 120 valence electrons. The second-order valence-electron chi connectivity index (χ2n) is 5.52. The van der Waals surface area contributed by atoms with Crippen LogP contribution < -0.4 is 16.5 Å². The third kappa shape index (κ3) is 5.58. The topological polar surface area (TPSA) is 125 Å². The second kappa shape index (κ2) is 7.82. The number of nitrogens with one attached hydrogen (secondary N) is 2. The van der Waals surface area contributed by atoms with Crippen LogP contribution in [0.1, 0.15) is 46.0 Å². The molecule has 0 aromatic rings. The third-order valence-electron chi connectivity index (χ3n) is 3.71. The molecule has 0 aliphatic carbocycles. The summed E-state index contributed by atoms with van der Waals surface area (Å²) in [7, 11) is 0. The number of urea groups is 1. The number of carboxylic acids is 1. The highest BCUT2D eigenvalue weighted by atomic mass is 16.4. The van der Waals surface area contributed by atoms with Gasteiger partial charge < -0.3 is 16.2 Å². The van der Waals surface area contributed by atoms with Gasteiger partial charge in [0.05, 0.1) is 0 Å². The predicted molar refractivity (Wildman–Crippen MR) is 76.1 cm³/mol. The highest BCUT2D eigenvalue weighted by Crippen LogP contribution is 2.20. The van der Waals surface area contributed by atoms with Crippen LogP contribution in [0.4, 0.5) is 4.79 Å². The van der Waals surface area contributed by atoms with E-state index in [4.69, 9.17) is 10.8 Å². The molecule has 1 saturated heterocycles. The lowest BCUT2D eigenvalue weighted by Gasteiger charge is -2.38. The Morgan fingerprint density at radius 2 is 1.86 bits per heavy atom. The Balaban J connectivity index is 2.52. The van der Waals surface area contributed by atoms with Crippen molar-refractivity contribution in [3.63, 3.8) is 0 Å². The first-order valence-corrected chi connectivity index (χ1v) is 7.18. The highest BCUT2D eigenvalue weighted by molar-refractivity contribution is 5.83. The molecule has 1 fully saturated rings. The highest BCUT2D eigenvalue weighted by Gasteiger charge is 2.27. The maximum atomic E-state index is 11.9. The summed E-state index contributed by atoms with van der Waals surface area (Å²) in [5.41, 5.74) is 7.68. The maximum absolute atomic E-state index is 11.9. The monoisotopic (exact) mass is 300 g/mol. The molecular formula is C13H24N4O4. The molecule has 3 atom stereocenters. The summed E-state index contributed by atoms with van der Waals surface area (Å²) >= 11 is 0. The van der Waals surface area contributed by atoms with Crippen LogP contribution >= 0.6 is 0 Å². The van der Waals surface area contributed by atoms with Gasteiger partial charge in [-0.1, -0.05) is 6.42 Å². The van der Waals surface area contributed by atoms with Gasteiger partial charge in [-0.15, -0.1) is 0 Å². The first-order chi connectivity index (χ1) is 9.81. The number of nitrogens with zero attached hydrogens (tertiary/aromatic N) is 1. The van der Waals surface area contributed by atoms with Crippen LogP contribution in [0.2, 0.25) is 0 Å². The van der Waals surface area contributed by atoms with Crippen LogP contribution in [-0.2, 0) is 9.59 Å². The normalized spacial score (nSPS) is 24.1. The standard InChI is InChI=1S/C13H24N4O4/c1-8-4-3-5-9(2)17(8)16-13(21)15-10(12(19)20)6-7-11(14)18/h8-10H,3-7H2,1-2H3,(H2,14,18)(H,19,20)(H2,15,16,21). The van der Waals surface area contributed by atoms with E-state index in [1.165, 1.54) is 0 Å². The summed E-state index contributed by atoms with van der Waals surface area (Å²) in [6, 6.07) is -1.30. The molecule has 1 heterocycles. The minimum absolute atomic E-state index is 0.0246. The van der Waals surface area contributed by atoms with Gasteiger partial charge in [0.25, 0.3) is 0 Å². The van der Waals surface area contributed by atoms with E-state index >= 15 is 0 Å². The fourth-order valence-corrected chi connectivity index (χ4v) is 2.49. The fourth-order valence-electron chi connectivity index (χ4n) is 2.49. The molecule has 0 aromatic carbocycles. The second-order valence-corrected chi connectivity index (χ2v) is 5.52. The van der Waals surface area contributed by atoms with Gasteiger partial charge in [-0.05, 0) is 33.1 Å². The number of hydrogen-bond donors (Lipinski definition) is 4. The van der Waals surface area contributed by atoms with Crippen molar-refractivity contribution in [2.75, 3.05) is 0 Å². The Morgan fingerprint density at radius 3 is 2.33 bits per heavy atom. The molecule has 1 rings (SSSR count). The van der Waals surface area contributed by atoms with Gasteiger partial charge in [0.2, 0.25) is 5.91 Å². The summed E-state index contributed by atoms with van der Waals surface area (Å²) < 4.78 is 0. The Hall–Kier alpha value is -1.83. The van der Waals surface area contributed by atoms with Gasteiger partial charge in [0.1, 0.15) is 6.04 Å². The van der Waals surface area contributed by atoms with Crippen molar-refractivity contribution in [3.05, 3.63) is 0 Å². The molecule has 5 N–H and O–H groups in total. The average Bonchev–Trinajstić information content (AvgIpc) is 2.38. The molecular weight excluding hydrogens is 276 g/mol. The molecule has 1 aliphatic heterocycles. The van der Waals surface area contributed by atoms with Crippen molar-refractivity contribution >= 4 is 17.9 Å². The molecule has 8 nitrogen and oxygen atoms in total. The van der Waals surface area contributed by atoms with E-state index in [1.54, 1.807) is 0 Å². The first kappa shape index (κ1) is 17.2. The fraction of sp³-hybridized carbons (Fsp3) is 0.769. The quantitative estimate of drug-likeness (QED) is 0.557. The van der Waals surface area contributed by atoms with Gasteiger partial charge in [-0.2, -0.15) is 0 Å².